The number of ether oxygens (including phenoxy) is 1. The van der Waals surface area contributed by atoms with Crippen LogP contribution in [0.2, 0.25) is 0 Å². The molecule has 82 valence electrons. The molecule has 2 fully saturated rings. The third-order valence-corrected chi connectivity index (χ3v) is 3.92. The highest BCUT2D eigenvalue weighted by molar-refractivity contribution is 4.95. The van der Waals surface area contributed by atoms with Crippen LogP contribution in [0.4, 0.5) is 0 Å². The Labute approximate surface area is 86.6 Å². The van der Waals surface area contributed by atoms with E-state index in [-0.39, 0.29) is 0 Å². The van der Waals surface area contributed by atoms with Gasteiger partial charge in [0, 0.05) is 12.0 Å². The fourth-order valence-corrected chi connectivity index (χ4v) is 2.84. The molecular formula is C11H22N2O. The van der Waals surface area contributed by atoms with E-state index in [0.29, 0.717) is 5.41 Å². The standard InChI is InChI=1S/C11H22N2O/c1-13-6-3-10(7-13)11(4-2-5-12)8-14-9-11/h10H,2-9,12H2,1H3. The number of nitrogens with zero attached hydrogens (tertiary/aromatic N) is 1. The van der Waals surface area contributed by atoms with Gasteiger partial charge in [0.1, 0.15) is 0 Å². The quantitative estimate of drug-likeness (QED) is 0.722. The second-order valence-corrected chi connectivity index (χ2v) is 5.00. The Bertz CT molecular complexity index is 192. The van der Waals surface area contributed by atoms with Gasteiger partial charge in [-0.3, -0.25) is 0 Å². The van der Waals surface area contributed by atoms with Crippen LogP contribution in [0.1, 0.15) is 19.3 Å². The number of hydrogen-bond donors (Lipinski definition) is 1. The Hall–Kier alpha value is -0.120. The minimum absolute atomic E-state index is 0.490. The zero-order valence-corrected chi connectivity index (χ0v) is 9.17. The van der Waals surface area contributed by atoms with Gasteiger partial charge in [-0.15, -0.1) is 0 Å². The molecule has 3 nitrogen and oxygen atoms in total. The molecule has 0 radical (unpaired) electrons. The minimum atomic E-state index is 0.490. The summed E-state index contributed by atoms with van der Waals surface area (Å²) in [5, 5.41) is 0. The van der Waals surface area contributed by atoms with Crippen LogP contribution in [-0.4, -0.2) is 44.8 Å². The van der Waals surface area contributed by atoms with Crippen LogP contribution < -0.4 is 5.73 Å². The molecule has 0 amide bonds. The van der Waals surface area contributed by atoms with Crippen molar-refractivity contribution in [1.29, 1.82) is 0 Å². The molecule has 1 atom stereocenters. The molecule has 2 aliphatic rings. The Kier molecular flexibility index (Phi) is 3.10. The number of rotatable bonds is 4. The van der Waals surface area contributed by atoms with Gasteiger partial charge in [0.05, 0.1) is 13.2 Å². The van der Waals surface area contributed by atoms with Gasteiger partial charge in [-0.05, 0) is 45.3 Å². The maximum Gasteiger partial charge on any atom is 0.0547 e. The van der Waals surface area contributed by atoms with Gasteiger partial charge in [0.25, 0.3) is 0 Å². The summed E-state index contributed by atoms with van der Waals surface area (Å²) >= 11 is 0. The van der Waals surface area contributed by atoms with E-state index in [9.17, 15) is 0 Å². The summed E-state index contributed by atoms with van der Waals surface area (Å²) in [5.41, 5.74) is 6.08. The SMILES string of the molecule is CN1CCC(C2(CCCN)COC2)C1. The van der Waals surface area contributed by atoms with E-state index in [0.717, 1.165) is 32.1 Å². The fraction of sp³-hybridized carbons (Fsp3) is 1.00. The van der Waals surface area contributed by atoms with E-state index < -0.39 is 0 Å². The summed E-state index contributed by atoms with van der Waals surface area (Å²) in [7, 11) is 2.22. The van der Waals surface area contributed by atoms with Crippen LogP contribution >= 0.6 is 0 Å². The van der Waals surface area contributed by atoms with Crippen molar-refractivity contribution >= 4 is 0 Å². The van der Waals surface area contributed by atoms with Gasteiger partial charge in [0.2, 0.25) is 0 Å². The van der Waals surface area contributed by atoms with Crippen molar-refractivity contribution < 1.29 is 4.74 Å². The van der Waals surface area contributed by atoms with E-state index in [4.69, 9.17) is 10.5 Å². The van der Waals surface area contributed by atoms with E-state index in [2.05, 4.69) is 11.9 Å². The molecule has 0 bridgehead atoms. The third-order valence-electron chi connectivity index (χ3n) is 3.92. The Morgan fingerprint density at radius 2 is 2.29 bits per heavy atom. The molecule has 0 aromatic rings. The zero-order valence-electron chi connectivity index (χ0n) is 9.17. The van der Waals surface area contributed by atoms with E-state index in [1.54, 1.807) is 0 Å². The van der Waals surface area contributed by atoms with E-state index in [1.165, 1.54) is 25.9 Å². The summed E-state index contributed by atoms with van der Waals surface area (Å²) in [6.45, 7) is 5.30. The normalized spacial score (nSPS) is 31.7. The van der Waals surface area contributed by atoms with E-state index >= 15 is 0 Å². The average molecular weight is 198 g/mol. The molecule has 2 heterocycles. The first-order valence-electron chi connectivity index (χ1n) is 5.73. The van der Waals surface area contributed by atoms with Crippen LogP contribution in [-0.2, 0) is 4.74 Å². The third kappa shape index (κ3) is 1.81. The molecule has 0 saturated carbocycles. The molecule has 0 aromatic heterocycles. The van der Waals surface area contributed by atoms with Crippen molar-refractivity contribution in [1.82, 2.24) is 4.90 Å². The van der Waals surface area contributed by atoms with Crippen LogP contribution in [0.25, 0.3) is 0 Å². The number of hydrogen-bond acceptors (Lipinski definition) is 3. The first-order valence-corrected chi connectivity index (χ1v) is 5.73. The van der Waals surface area contributed by atoms with Crippen molar-refractivity contribution in [2.75, 3.05) is 39.9 Å². The lowest BCUT2D eigenvalue weighted by Gasteiger charge is -2.46. The fourth-order valence-electron chi connectivity index (χ4n) is 2.84. The topological polar surface area (TPSA) is 38.5 Å². The predicted octanol–water partition coefficient (Wildman–Crippen LogP) is 0.694. The Morgan fingerprint density at radius 1 is 1.50 bits per heavy atom. The van der Waals surface area contributed by atoms with E-state index in [1.807, 2.05) is 0 Å². The molecule has 2 N–H and O–H groups in total. The molecule has 2 saturated heterocycles. The summed E-state index contributed by atoms with van der Waals surface area (Å²) in [6.07, 6.45) is 3.77. The highest BCUT2D eigenvalue weighted by atomic mass is 16.5. The highest BCUT2D eigenvalue weighted by Crippen LogP contribution is 2.44. The Balaban J connectivity index is 1.91. The molecule has 1 unspecified atom stereocenters. The number of nitrogens with two attached hydrogens (primary N) is 1. The van der Waals surface area contributed by atoms with Gasteiger partial charge >= 0.3 is 0 Å². The maximum absolute atomic E-state index is 5.59. The van der Waals surface area contributed by atoms with Crippen LogP contribution in [0.5, 0.6) is 0 Å². The van der Waals surface area contributed by atoms with Crippen molar-refractivity contribution in [3.05, 3.63) is 0 Å². The predicted molar refractivity (Wildman–Crippen MR) is 57.1 cm³/mol. The largest absolute Gasteiger partial charge is 0.380 e. The van der Waals surface area contributed by atoms with Gasteiger partial charge in [-0.1, -0.05) is 0 Å². The molecular weight excluding hydrogens is 176 g/mol. The summed E-state index contributed by atoms with van der Waals surface area (Å²) in [6, 6.07) is 0. The summed E-state index contributed by atoms with van der Waals surface area (Å²) in [5.74, 6) is 0.854. The molecule has 2 rings (SSSR count). The molecule has 0 aliphatic carbocycles. The minimum Gasteiger partial charge on any atom is -0.380 e. The summed E-state index contributed by atoms with van der Waals surface area (Å²) in [4.78, 5) is 2.44. The first-order chi connectivity index (χ1) is 6.77. The first kappa shape index (κ1) is 10.4. The molecule has 14 heavy (non-hydrogen) atoms. The second-order valence-electron chi connectivity index (χ2n) is 5.00. The lowest BCUT2D eigenvalue weighted by atomic mass is 9.70. The van der Waals surface area contributed by atoms with Gasteiger partial charge < -0.3 is 15.4 Å². The average Bonchev–Trinajstić information content (AvgIpc) is 2.51. The Morgan fingerprint density at radius 3 is 2.71 bits per heavy atom. The highest BCUT2D eigenvalue weighted by Gasteiger charge is 2.46. The van der Waals surface area contributed by atoms with Crippen LogP contribution in [0, 0.1) is 11.3 Å². The van der Waals surface area contributed by atoms with Crippen LogP contribution in [0.3, 0.4) is 0 Å². The van der Waals surface area contributed by atoms with Gasteiger partial charge in [-0.2, -0.15) is 0 Å². The molecule has 2 aliphatic heterocycles. The molecule has 0 aromatic carbocycles. The smallest absolute Gasteiger partial charge is 0.0547 e. The van der Waals surface area contributed by atoms with Crippen molar-refractivity contribution in [2.45, 2.75) is 19.3 Å². The molecule has 3 heteroatoms. The van der Waals surface area contributed by atoms with Crippen molar-refractivity contribution in [2.24, 2.45) is 17.1 Å². The van der Waals surface area contributed by atoms with Crippen LogP contribution in [0.15, 0.2) is 0 Å². The zero-order chi connectivity index (χ0) is 10.0. The lowest BCUT2D eigenvalue weighted by Crippen LogP contribution is -2.49. The maximum atomic E-state index is 5.59. The summed E-state index contributed by atoms with van der Waals surface area (Å²) < 4.78 is 5.42. The van der Waals surface area contributed by atoms with Crippen molar-refractivity contribution in [3.8, 4) is 0 Å². The van der Waals surface area contributed by atoms with Gasteiger partial charge in [-0.25, -0.2) is 0 Å². The monoisotopic (exact) mass is 198 g/mol. The second kappa shape index (κ2) is 4.17. The lowest BCUT2D eigenvalue weighted by molar-refractivity contribution is -0.148. The molecule has 0 spiro atoms. The number of likely N-dealkylation sites (tertiary alicyclic amines) is 1. The van der Waals surface area contributed by atoms with Gasteiger partial charge in [0.15, 0.2) is 0 Å². The van der Waals surface area contributed by atoms with Crippen molar-refractivity contribution in [3.63, 3.8) is 0 Å².